The van der Waals surface area contributed by atoms with Crippen molar-refractivity contribution in [2.24, 2.45) is 0 Å². The lowest BCUT2D eigenvalue weighted by Gasteiger charge is -2.21. The van der Waals surface area contributed by atoms with Gasteiger partial charge in [-0.25, -0.2) is 4.39 Å². The number of anilines is 1. The number of hydrogen-bond donors (Lipinski definition) is 2. The number of nitrogens with one attached hydrogen (secondary N) is 2. The van der Waals surface area contributed by atoms with Crippen LogP contribution in [-0.2, 0) is 4.79 Å². The Hall–Kier alpha value is -2.86. The van der Waals surface area contributed by atoms with Crippen LogP contribution < -0.4 is 15.8 Å². The van der Waals surface area contributed by atoms with Gasteiger partial charge in [-0.1, -0.05) is 17.7 Å². The predicted octanol–water partition coefficient (Wildman–Crippen LogP) is 3.80. The molecule has 0 aliphatic carbocycles. The number of benzene rings is 2. The molecule has 2 amide bonds. The average Bonchev–Trinajstić information content (AvgIpc) is 2.68. The SMILES string of the molecule is CCN(CC)c1ccc(C(=O)NNC(=O)/C=C/c2ccc(F)c(Cl)c2)cc1. The maximum absolute atomic E-state index is 13.1. The molecule has 2 aromatic rings. The van der Waals surface area contributed by atoms with E-state index in [1.807, 2.05) is 12.1 Å². The van der Waals surface area contributed by atoms with E-state index in [1.165, 1.54) is 30.4 Å². The molecule has 0 fully saturated rings. The Labute approximate surface area is 162 Å². The van der Waals surface area contributed by atoms with Crippen LogP contribution in [0.1, 0.15) is 29.8 Å². The van der Waals surface area contributed by atoms with E-state index in [1.54, 1.807) is 12.1 Å². The fourth-order valence-electron chi connectivity index (χ4n) is 2.43. The summed E-state index contributed by atoms with van der Waals surface area (Å²) < 4.78 is 13.1. The number of carbonyl (C=O) groups is 2. The van der Waals surface area contributed by atoms with E-state index < -0.39 is 17.6 Å². The zero-order valence-corrected chi connectivity index (χ0v) is 15.9. The van der Waals surface area contributed by atoms with Crippen LogP contribution in [0.4, 0.5) is 10.1 Å². The first-order chi connectivity index (χ1) is 12.9. The molecule has 2 rings (SSSR count). The number of nitrogens with zero attached hydrogens (tertiary/aromatic N) is 1. The number of hydrazine groups is 1. The Morgan fingerprint density at radius 2 is 1.74 bits per heavy atom. The Morgan fingerprint density at radius 3 is 2.33 bits per heavy atom. The van der Waals surface area contributed by atoms with Gasteiger partial charge < -0.3 is 4.90 Å². The summed E-state index contributed by atoms with van der Waals surface area (Å²) in [6.07, 6.45) is 2.68. The van der Waals surface area contributed by atoms with Gasteiger partial charge in [0.2, 0.25) is 0 Å². The van der Waals surface area contributed by atoms with Crippen LogP contribution in [0, 0.1) is 5.82 Å². The summed E-state index contributed by atoms with van der Waals surface area (Å²) in [5.41, 5.74) is 6.66. The van der Waals surface area contributed by atoms with E-state index in [-0.39, 0.29) is 5.02 Å². The minimum absolute atomic E-state index is 0.0287. The Morgan fingerprint density at radius 1 is 1.07 bits per heavy atom. The highest BCUT2D eigenvalue weighted by Gasteiger charge is 2.08. The maximum Gasteiger partial charge on any atom is 0.269 e. The molecule has 0 radical (unpaired) electrons. The van der Waals surface area contributed by atoms with Crippen LogP contribution in [0.2, 0.25) is 5.02 Å². The lowest BCUT2D eigenvalue weighted by Crippen LogP contribution is -2.40. The summed E-state index contributed by atoms with van der Waals surface area (Å²) in [5.74, 6) is -1.48. The molecule has 0 aliphatic rings. The first-order valence-electron chi connectivity index (χ1n) is 8.53. The van der Waals surface area contributed by atoms with E-state index in [9.17, 15) is 14.0 Å². The summed E-state index contributed by atoms with van der Waals surface area (Å²) in [6.45, 7) is 5.88. The number of amides is 2. The highest BCUT2D eigenvalue weighted by Crippen LogP contribution is 2.17. The standard InChI is InChI=1S/C20H21ClFN3O2/c1-3-25(4-2)16-9-7-15(8-10-16)20(27)24-23-19(26)12-6-14-5-11-18(22)17(21)13-14/h5-13H,3-4H2,1-2H3,(H,23,26)(H,24,27)/b12-6+. The van der Waals surface area contributed by atoms with Crippen molar-refractivity contribution in [1.29, 1.82) is 0 Å². The second-order valence-electron chi connectivity index (χ2n) is 5.67. The van der Waals surface area contributed by atoms with Crippen molar-refractivity contribution in [2.75, 3.05) is 18.0 Å². The van der Waals surface area contributed by atoms with Crippen LogP contribution in [0.25, 0.3) is 6.08 Å². The fraction of sp³-hybridized carbons (Fsp3) is 0.200. The fourth-order valence-corrected chi connectivity index (χ4v) is 2.62. The molecule has 0 heterocycles. The molecule has 0 unspecified atom stereocenters. The van der Waals surface area contributed by atoms with Crippen LogP contribution in [0.15, 0.2) is 48.5 Å². The Bertz CT molecular complexity index is 834. The highest BCUT2D eigenvalue weighted by atomic mass is 35.5. The monoisotopic (exact) mass is 389 g/mol. The number of carbonyl (C=O) groups excluding carboxylic acids is 2. The van der Waals surface area contributed by atoms with Crippen molar-refractivity contribution in [1.82, 2.24) is 10.9 Å². The first-order valence-corrected chi connectivity index (χ1v) is 8.90. The van der Waals surface area contributed by atoms with Gasteiger partial charge in [-0.3, -0.25) is 20.4 Å². The molecule has 0 bridgehead atoms. The predicted molar refractivity (Wildman–Crippen MR) is 106 cm³/mol. The molecule has 2 N–H and O–H groups in total. The molecule has 0 aliphatic heterocycles. The van der Waals surface area contributed by atoms with Crippen LogP contribution in [0.5, 0.6) is 0 Å². The van der Waals surface area contributed by atoms with Gasteiger partial charge >= 0.3 is 0 Å². The molecule has 5 nitrogen and oxygen atoms in total. The third-order valence-electron chi connectivity index (χ3n) is 3.93. The van der Waals surface area contributed by atoms with Crippen molar-refractivity contribution in [3.8, 4) is 0 Å². The van der Waals surface area contributed by atoms with E-state index >= 15 is 0 Å². The van der Waals surface area contributed by atoms with E-state index in [0.29, 0.717) is 11.1 Å². The molecule has 0 spiro atoms. The van der Waals surface area contributed by atoms with Crippen molar-refractivity contribution < 1.29 is 14.0 Å². The van der Waals surface area contributed by atoms with Crippen molar-refractivity contribution >= 4 is 35.2 Å². The van der Waals surface area contributed by atoms with E-state index in [0.717, 1.165) is 18.8 Å². The third kappa shape index (κ3) is 5.82. The summed E-state index contributed by atoms with van der Waals surface area (Å²) in [4.78, 5) is 26.1. The molecule has 0 atom stereocenters. The molecule has 0 saturated heterocycles. The number of halogens is 2. The number of rotatable bonds is 6. The summed E-state index contributed by atoms with van der Waals surface area (Å²) in [7, 11) is 0. The quantitative estimate of drug-likeness (QED) is 0.583. The van der Waals surface area contributed by atoms with Gasteiger partial charge in [0.25, 0.3) is 11.8 Å². The summed E-state index contributed by atoms with van der Waals surface area (Å²) in [6, 6.07) is 11.2. The van der Waals surface area contributed by atoms with Gasteiger partial charge in [0.15, 0.2) is 0 Å². The van der Waals surface area contributed by atoms with Crippen molar-refractivity contribution in [3.05, 3.63) is 70.5 Å². The Kier molecular flexibility index (Phi) is 7.37. The van der Waals surface area contributed by atoms with Gasteiger partial charge in [0.1, 0.15) is 5.82 Å². The van der Waals surface area contributed by atoms with Crippen LogP contribution in [0.3, 0.4) is 0 Å². The topological polar surface area (TPSA) is 61.4 Å². The smallest absolute Gasteiger partial charge is 0.269 e. The van der Waals surface area contributed by atoms with Crippen molar-refractivity contribution in [3.63, 3.8) is 0 Å². The lowest BCUT2D eigenvalue weighted by atomic mass is 10.2. The van der Waals surface area contributed by atoms with E-state index in [4.69, 9.17) is 11.6 Å². The molecular weight excluding hydrogens is 369 g/mol. The van der Waals surface area contributed by atoms with Crippen molar-refractivity contribution in [2.45, 2.75) is 13.8 Å². The molecule has 0 aromatic heterocycles. The molecule has 27 heavy (non-hydrogen) atoms. The van der Waals surface area contributed by atoms with Gasteiger partial charge in [0.05, 0.1) is 5.02 Å². The molecular formula is C20H21ClFN3O2. The third-order valence-corrected chi connectivity index (χ3v) is 4.22. The van der Waals surface area contributed by atoms with Crippen LogP contribution >= 0.6 is 11.6 Å². The largest absolute Gasteiger partial charge is 0.372 e. The molecule has 7 heteroatoms. The lowest BCUT2D eigenvalue weighted by molar-refractivity contribution is -0.117. The maximum atomic E-state index is 13.1. The average molecular weight is 390 g/mol. The van der Waals surface area contributed by atoms with Gasteiger partial charge in [0, 0.05) is 30.4 Å². The Balaban J connectivity index is 1.89. The molecule has 0 saturated carbocycles. The van der Waals surface area contributed by atoms with Gasteiger partial charge in [-0.2, -0.15) is 0 Å². The zero-order valence-electron chi connectivity index (χ0n) is 15.1. The minimum atomic E-state index is -0.530. The summed E-state index contributed by atoms with van der Waals surface area (Å²) >= 11 is 5.68. The highest BCUT2D eigenvalue weighted by molar-refractivity contribution is 6.30. The normalized spacial score (nSPS) is 10.7. The molecule has 142 valence electrons. The van der Waals surface area contributed by atoms with Gasteiger partial charge in [-0.15, -0.1) is 0 Å². The van der Waals surface area contributed by atoms with Gasteiger partial charge in [-0.05, 0) is 61.9 Å². The summed E-state index contributed by atoms with van der Waals surface area (Å²) in [5, 5.41) is -0.0287. The van der Waals surface area contributed by atoms with E-state index in [2.05, 4.69) is 29.6 Å². The number of hydrogen-bond acceptors (Lipinski definition) is 3. The first kappa shape index (κ1) is 20.5. The molecule has 2 aromatic carbocycles. The van der Waals surface area contributed by atoms with Crippen LogP contribution in [-0.4, -0.2) is 24.9 Å². The second kappa shape index (κ2) is 9.73. The minimum Gasteiger partial charge on any atom is -0.372 e. The zero-order chi connectivity index (χ0) is 19.8. The second-order valence-corrected chi connectivity index (χ2v) is 6.08.